The third-order valence-corrected chi connectivity index (χ3v) is 5.32. The van der Waals surface area contributed by atoms with Gasteiger partial charge in [-0.2, -0.15) is 0 Å². The normalized spacial score (nSPS) is 26.0. The fourth-order valence-corrected chi connectivity index (χ4v) is 3.65. The Bertz CT molecular complexity index is 631. The minimum Gasteiger partial charge on any atom is -0.342 e. The van der Waals surface area contributed by atoms with E-state index in [1.807, 2.05) is 6.92 Å². The van der Waals surface area contributed by atoms with Crippen LogP contribution in [0.15, 0.2) is 24.3 Å². The Morgan fingerprint density at radius 3 is 2.79 bits per heavy atom. The lowest BCUT2D eigenvalue weighted by molar-refractivity contribution is -0.154. The average Bonchev–Trinajstić information content (AvgIpc) is 2.57. The van der Waals surface area contributed by atoms with Crippen molar-refractivity contribution in [2.45, 2.75) is 45.8 Å². The van der Waals surface area contributed by atoms with E-state index in [1.165, 1.54) is 11.1 Å². The molecule has 3 rings (SSSR count). The van der Waals surface area contributed by atoms with Crippen molar-refractivity contribution < 1.29 is 9.59 Å². The Morgan fingerprint density at radius 1 is 1.29 bits per heavy atom. The maximum Gasteiger partial charge on any atom is 0.246 e. The number of hydrogen-bond donors (Lipinski definition) is 1. The molecule has 3 atom stereocenters. The molecule has 24 heavy (non-hydrogen) atoms. The third kappa shape index (κ3) is 3.31. The highest BCUT2D eigenvalue weighted by molar-refractivity contribution is 5.97. The van der Waals surface area contributed by atoms with E-state index in [-0.39, 0.29) is 29.8 Å². The molecule has 0 radical (unpaired) electrons. The molecule has 2 fully saturated rings. The van der Waals surface area contributed by atoms with E-state index in [0.29, 0.717) is 13.1 Å². The van der Waals surface area contributed by atoms with Crippen LogP contribution in [0.1, 0.15) is 31.4 Å². The smallest absolute Gasteiger partial charge is 0.246 e. The highest BCUT2D eigenvalue weighted by Gasteiger charge is 2.44. The minimum absolute atomic E-state index is 0.00570. The van der Waals surface area contributed by atoms with Gasteiger partial charge in [-0.15, -0.1) is 0 Å². The highest BCUT2D eigenvalue weighted by Crippen LogP contribution is 2.22. The van der Waals surface area contributed by atoms with Gasteiger partial charge < -0.3 is 10.2 Å². The Balaban J connectivity index is 1.68. The van der Waals surface area contributed by atoms with Crippen LogP contribution in [0.5, 0.6) is 0 Å². The van der Waals surface area contributed by atoms with Crippen LogP contribution in [0.3, 0.4) is 0 Å². The summed E-state index contributed by atoms with van der Waals surface area (Å²) >= 11 is 0. The SMILES string of the molecule is CC[C@H](C)[C@@H]1NC(=O)[C@H]2CN(Cc3cccc(C)c3)CCN2C1=O. The van der Waals surface area contributed by atoms with Crippen molar-refractivity contribution in [1.82, 2.24) is 15.1 Å². The third-order valence-electron chi connectivity index (χ3n) is 5.32. The topological polar surface area (TPSA) is 52.7 Å². The van der Waals surface area contributed by atoms with Crippen LogP contribution in [-0.2, 0) is 16.1 Å². The predicted octanol–water partition coefficient (Wildman–Crippen LogP) is 1.55. The molecule has 1 aromatic rings. The first-order valence-electron chi connectivity index (χ1n) is 8.88. The molecule has 1 N–H and O–H groups in total. The first-order valence-corrected chi connectivity index (χ1v) is 8.88. The molecule has 2 aliphatic rings. The number of carbonyl (C=O) groups is 2. The molecule has 2 heterocycles. The van der Waals surface area contributed by atoms with Gasteiger partial charge in [0, 0.05) is 26.2 Å². The first kappa shape index (κ1) is 17.0. The number of piperazine rings is 2. The van der Waals surface area contributed by atoms with Crippen molar-refractivity contribution >= 4 is 11.8 Å². The summed E-state index contributed by atoms with van der Waals surface area (Å²) in [5, 5.41) is 2.95. The zero-order valence-corrected chi connectivity index (χ0v) is 14.8. The van der Waals surface area contributed by atoms with Gasteiger partial charge in [0.2, 0.25) is 11.8 Å². The average molecular weight is 329 g/mol. The summed E-state index contributed by atoms with van der Waals surface area (Å²) < 4.78 is 0. The molecular formula is C19H27N3O2. The van der Waals surface area contributed by atoms with Crippen LogP contribution < -0.4 is 5.32 Å². The fourth-order valence-electron chi connectivity index (χ4n) is 3.65. The minimum atomic E-state index is -0.359. The summed E-state index contributed by atoms with van der Waals surface area (Å²) in [5.74, 6) is 0.255. The fraction of sp³-hybridized carbons (Fsp3) is 0.579. The van der Waals surface area contributed by atoms with Gasteiger partial charge in [-0.05, 0) is 18.4 Å². The lowest BCUT2D eigenvalue weighted by atomic mass is 9.93. The summed E-state index contributed by atoms with van der Waals surface area (Å²) in [7, 11) is 0. The molecule has 0 bridgehead atoms. The zero-order chi connectivity index (χ0) is 17.3. The number of carbonyl (C=O) groups excluding carboxylic acids is 2. The highest BCUT2D eigenvalue weighted by atomic mass is 16.2. The predicted molar refractivity (Wildman–Crippen MR) is 93.3 cm³/mol. The molecule has 0 unspecified atom stereocenters. The molecule has 130 valence electrons. The van der Waals surface area contributed by atoms with Gasteiger partial charge in [-0.1, -0.05) is 50.1 Å². The Morgan fingerprint density at radius 2 is 2.08 bits per heavy atom. The van der Waals surface area contributed by atoms with Gasteiger partial charge in [-0.3, -0.25) is 14.5 Å². The largest absolute Gasteiger partial charge is 0.342 e. The maximum absolute atomic E-state index is 12.7. The Kier molecular flexibility index (Phi) is 4.90. The van der Waals surface area contributed by atoms with Gasteiger partial charge >= 0.3 is 0 Å². The van der Waals surface area contributed by atoms with Crippen molar-refractivity contribution in [3.05, 3.63) is 35.4 Å². The quantitative estimate of drug-likeness (QED) is 0.912. The monoisotopic (exact) mass is 329 g/mol. The summed E-state index contributed by atoms with van der Waals surface area (Å²) in [5.41, 5.74) is 2.50. The van der Waals surface area contributed by atoms with Crippen molar-refractivity contribution in [2.24, 2.45) is 5.92 Å². The summed E-state index contributed by atoms with van der Waals surface area (Å²) in [6, 6.07) is 7.73. The maximum atomic E-state index is 12.7. The van der Waals surface area contributed by atoms with Crippen molar-refractivity contribution in [1.29, 1.82) is 0 Å². The molecule has 2 saturated heterocycles. The first-order chi connectivity index (χ1) is 11.5. The second kappa shape index (κ2) is 6.93. The number of nitrogens with one attached hydrogen (secondary N) is 1. The van der Waals surface area contributed by atoms with Gasteiger partial charge in [-0.25, -0.2) is 0 Å². The van der Waals surface area contributed by atoms with Crippen LogP contribution in [0.25, 0.3) is 0 Å². The number of rotatable bonds is 4. The lowest BCUT2D eigenvalue weighted by Gasteiger charge is -2.46. The molecule has 0 aromatic heterocycles. The Hall–Kier alpha value is -1.88. The Labute approximate surface area is 144 Å². The second-order valence-electron chi connectivity index (χ2n) is 7.14. The van der Waals surface area contributed by atoms with Crippen molar-refractivity contribution in [2.75, 3.05) is 19.6 Å². The molecule has 0 saturated carbocycles. The molecule has 1 aromatic carbocycles. The van der Waals surface area contributed by atoms with E-state index in [9.17, 15) is 9.59 Å². The van der Waals surface area contributed by atoms with Crippen LogP contribution in [0.2, 0.25) is 0 Å². The zero-order valence-electron chi connectivity index (χ0n) is 14.8. The summed E-state index contributed by atoms with van der Waals surface area (Å²) in [4.78, 5) is 29.3. The van der Waals surface area contributed by atoms with Crippen molar-refractivity contribution in [3.63, 3.8) is 0 Å². The summed E-state index contributed by atoms with van der Waals surface area (Å²) in [6.45, 7) is 9.05. The summed E-state index contributed by atoms with van der Waals surface area (Å²) in [6.07, 6.45) is 0.884. The lowest BCUT2D eigenvalue weighted by Crippen LogP contribution is -2.70. The number of fused-ring (bicyclic) bond motifs is 1. The van der Waals surface area contributed by atoms with Crippen LogP contribution in [-0.4, -0.2) is 53.3 Å². The number of benzene rings is 1. The van der Waals surface area contributed by atoms with E-state index >= 15 is 0 Å². The molecule has 0 spiro atoms. The standard InChI is InChI=1S/C19H27N3O2/c1-4-14(3)17-19(24)22-9-8-21(12-16(22)18(23)20-17)11-15-7-5-6-13(2)10-15/h5-7,10,14,16-17H,4,8-9,11-12H2,1-3H3,(H,20,23)/t14-,16+,17-/m0/s1. The van der Waals surface area contributed by atoms with Gasteiger partial charge in [0.25, 0.3) is 0 Å². The molecule has 5 heteroatoms. The molecule has 0 aliphatic carbocycles. The molecule has 2 amide bonds. The van der Waals surface area contributed by atoms with E-state index in [0.717, 1.165) is 19.5 Å². The van der Waals surface area contributed by atoms with E-state index in [2.05, 4.69) is 48.3 Å². The van der Waals surface area contributed by atoms with Gasteiger partial charge in [0.15, 0.2) is 0 Å². The number of aryl methyl sites for hydroxylation is 1. The molecule has 5 nitrogen and oxygen atoms in total. The van der Waals surface area contributed by atoms with Crippen molar-refractivity contribution in [3.8, 4) is 0 Å². The van der Waals surface area contributed by atoms with E-state index in [4.69, 9.17) is 0 Å². The van der Waals surface area contributed by atoms with Crippen LogP contribution >= 0.6 is 0 Å². The van der Waals surface area contributed by atoms with E-state index < -0.39 is 0 Å². The number of nitrogens with zero attached hydrogens (tertiary/aromatic N) is 2. The number of amides is 2. The second-order valence-corrected chi connectivity index (χ2v) is 7.14. The number of hydrogen-bond acceptors (Lipinski definition) is 3. The molecular weight excluding hydrogens is 302 g/mol. The molecule has 2 aliphatic heterocycles. The van der Waals surface area contributed by atoms with Crippen LogP contribution in [0, 0.1) is 12.8 Å². The van der Waals surface area contributed by atoms with Crippen LogP contribution in [0.4, 0.5) is 0 Å². The van der Waals surface area contributed by atoms with Gasteiger partial charge in [0.05, 0.1) is 0 Å². The van der Waals surface area contributed by atoms with Gasteiger partial charge in [0.1, 0.15) is 12.1 Å². The van der Waals surface area contributed by atoms with E-state index in [1.54, 1.807) is 4.90 Å².